The van der Waals surface area contributed by atoms with Crippen molar-refractivity contribution in [2.75, 3.05) is 19.6 Å². The van der Waals surface area contributed by atoms with Crippen molar-refractivity contribution in [3.63, 3.8) is 0 Å². The molecule has 0 bridgehead atoms. The van der Waals surface area contributed by atoms with Gasteiger partial charge in [0.05, 0.1) is 4.92 Å². The topological polar surface area (TPSA) is 101 Å². The number of hydrogen-bond donors (Lipinski definition) is 2. The van der Waals surface area contributed by atoms with Gasteiger partial charge >= 0.3 is 0 Å². The Morgan fingerprint density at radius 3 is 2.86 bits per heavy atom. The summed E-state index contributed by atoms with van der Waals surface area (Å²) in [6.45, 7) is 1.93. The van der Waals surface area contributed by atoms with Crippen molar-refractivity contribution in [2.45, 2.75) is 17.7 Å². The number of nitro benzene ring substituents is 1. The van der Waals surface area contributed by atoms with Gasteiger partial charge in [-0.2, -0.15) is 0 Å². The van der Waals surface area contributed by atoms with Gasteiger partial charge in [-0.15, -0.1) is 0 Å². The predicted molar refractivity (Wildman–Crippen MR) is 73.8 cm³/mol. The highest BCUT2D eigenvalue weighted by atomic mass is 32.2. The van der Waals surface area contributed by atoms with E-state index in [9.17, 15) is 22.9 Å². The third kappa shape index (κ3) is 3.96. The summed E-state index contributed by atoms with van der Waals surface area (Å²) >= 11 is 0. The average Bonchev–Trinajstić information content (AvgIpc) is 2.91. The normalized spacial score (nSPS) is 18.8. The highest BCUT2D eigenvalue weighted by molar-refractivity contribution is 7.89. The molecule has 1 aromatic rings. The van der Waals surface area contributed by atoms with E-state index in [0.29, 0.717) is 12.3 Å². The first-order chi connectivity index (χ1) is 9.90. The van der Waals surface area contributed by atoms with Crippen molar-refractivity contribution < 1.29 is 17.7 Å². The molecule has 1 aromatic carbocycles. The first-order valence-corrected chi connectivity index (χ1v) is 8.03. The lowest BCUT2D eigenvalue weighted by molar-refractivity contribution is -0.385. The molecule has 0 aromatic heterocycles. The van der Waals surface area contributed by atoms with E-state index in [2.05, 4.69) is 10.0 Å². The van der Waals surface area contributed by atoms with Gasteiger partial charge in [0.1, 0.15) is 10.7 Å². The summed E-state index contributed by atoms with van der Waals surface area (Å²) in [5.74, 6) is -0.613. The number of hydrogen-bond acceptors (Lipinski definition) is 5. The lowest BCUT2D eigenvalue weighted by Gasteiger charge is -2.10. The van der Waals surface area contributed by atoms with E-state index in [-0.39, 0.29) is 6.54 Å². The third-order valence-electron chi connectivity index (χ3n) is 3.42. The molecule has 116 valence electrons. The number of rotatable bonds is 6. The van der Waals surface area contributed by atoms with Crippen LogP contribution in [0, 0.1) is 21.8 Å². The summed E-state index contributed by atoms with van der Waals surface area (Å²) in [6.07, 6.45) is 1.62. The van der Waals surface area contributed by atoms with Crippen molar-refractivity contribution in [2.24, 2.45) is 5.92 Å². The summed E-state index contributed by atoms with van der Waals surface area (Å²) in [5.41, 5.74) is -0.461. The van der Waals surface area contributed by atoms with E-state index < -0.39 is 31.3 Å². The molecule has 7 nitrogen and oxygen atoms in total. The molecule has 0 amide bonds. The molecule has 2 N–H and O–H groups in total. The number of sulfonamides is 1. The maximum Gasteiger partial charge on any atom is 0.270 e. The monoisotopic (exact) mass is 317 g/mol. The molecule has 1 unspecified atom stereocenters. The van der Waals surface area contributed by atoms with E-state index in [4.69, 9.17) is 0 Å². The zero-order valence-electron chi connectivity index (χ0n) is 11.2. The molecule has 1 saturated heterocycles. The first-order valence-electron chi connectivity index (χ1n) is 6.54. The van der Waals surface area contributed by atoms with E-state index in [1.165, 1.54) is 0 Å². The fourth-order valence-corrected chi connectivity index (χ4v) is 3.39. The second-order valence-corrected chi connectivity index (χ2v) is 6.65. The highest BCUT2D eigenvalue weighted by Gasteiger charge is 2.23. The molecule has 0 saturated carbocycles. The van der Waals surface area contributed by atoms with Crippen LogP contribution in [0.25, 0.3) is 0 Å². The Bertz CT molecular complexity index is 629. The van der Waals surface area contributed by atoms with E-state index in [1.54, 1.807) is 0 Å². The lowest BCUT2D eigenvalue weighted by Crippen LogP contribution is -2.27. The molecule has 0 aliphatic carbocycles. The molecular weight excluding hydrogens is 301 g/mol. The van der Waals surface area contributed by atoms with Gasteiger partial charge in [0.2, 0.25) is 10.0 Å². The van der Waals surface area contributed by atoms with Gasteiger partial charge in [-0.25, -0.2) is 17.5 Å². The van der Waals surface area contributed by atoms with Crippen LogP contribution >= 0.6 is 0 Å². The third-order valence-corrected chi connectivity index (χ3v) is 4.90. The Labute approximate surface area is 121 Å². The van der Waals surface area contributed by atoms with Gasteiger partial charge in [-0.1, -0.05) is 0 Å². The van der Waals surface area contributed by atoms with Crippen LogP contribution in [-0.4, -0.2) is 33.0 Å². The quantitative estimate of drug-likeness (QED) is 0.602. The predicted octanol–water partition coefficient (Wildman–Crippen LogP) is 1.01. The summed E-state index contributed by atoms with van der Waals surface area (Å²) in [6, 6.07) is 2.45. The van der Waals surface area contributed by atoms with Gasteiger partial charge in [0, 0.05) is 18.7 Å². The zero-order chi connectivity index (χ0) is 15.5. The van der Waals surface area contributed by atoms with Gasteiger partial charge in [0.25, 0.3) is 5.69 Å². The van der Waals surface area contributed by atoms with Crippen molar-refractivity contribution in [1.29, 1.82) is 0 Å². The van der Waals surface area contributed by atoms with E-state index in [1.807, 2.05) is 0 Å². The van der Waals surface area contributed by atoms with Crippen LogP contribution < -0.4 is 10.0 Å². The van der Waals surface area contributed by atoms with Gasteiger partial charge in [0.15, 0.2) is 0 Å². The number of nitrogens with zero attached hydrogens (tertiary/aromatic N) is 1. The van der Waals surface area contributed by atoms with Crippen molar-refractivity contribution in [1.82, 2.24) is 10.0 Å². The van der Waals surface area contributed by atoms with Crippen LogP contribution in [0.5, 0.6) is 0 Å². The van der Waals surface area contributed by atoms with Crippen LogP contribution in [-0.2, 0) is 10.0 Å². The fourth-order valence-electron chi connectivity index (χ4n) is 2.25. The fraction of sp³-hybridized carbons (Fsp3) is 0.500. The molecule has 9 heteroatoms. The summed E-state index contributed by atoms with van der Waals surface area (Å²) in [4.78, 5) is 9.19. The molecule has 1 atom stereocenters. The van der Waals surface area contributed by atoms with Crippen LogP contribution in [0.4, 0.5) is 10.1 Å². The molecule has 2 rings (SSSR count). The second-order valence-electron chi connectivity index (χ2n) is 4.92. The second kappa shape index (κ2) is 6.46. The Morgan fingerprint density at radius 1 is 1.48 bits per heavy atom. The minimum absolute atomic E-state index is 0.177. The number of nitro groups is 1. The van der Waals surface area contributed by atoms with E-state index >= 15 is 0 Å². The summed E-state index contributed by atoms with van der Waals surface area (Å²) in [5, 5.41) is 13.8. The highest BCUT2D eigenvalue weighted by Crippen LogP contribution is 2.21. The molecule has 1 fully saturated rings. The molecule has 1 heterocycles. The maximum absolute atomic E-state index is 13.6. The van der Waals surface area contributed by atoms with E-state index in [0.717, 1.165) is 37.7 Å². The average molecular weight is 317 g/mol. The smallest absolute Gasteiger partial charge is 0.270 e. The number of halogens is 1. The zero-order valence-corrected chi connectivity index (χ0v) is 12.0. The SMILES string of the molecule is O=[N+]([O-])c1ccc(F)c(S(=O)(=O)NCCC2CCNC2)c1. The van der Waals surface area contributed by atoms with Crippen LogP contribution in [0.1, 0.15) is 12.8 Å². The lowest BCUT2D eigenvalue weighted by atomic mass is 10.1. The number of benzene rings is 1. The van der Waals surface area contributed by atoms with Crippen molar-refractivity contribution in [3.8, 4) is 0 Å². The standard InChI is InChI=1S/C12H16FN3O4S/c13-11-2-1-10(16(17)18)7-12(11)21(19,20)15-6-4-9-3-5-14-8-9/h1-2,7,9,14-15H,3-6,8H2. The molecular formula is C12H16FN3O4S. The van der Waals surface area contributed by atoms with Gasteiger partial charge in [-0.3, -0.25) is 10.1 Å². The Morgan fingerprint density at radius 2 is 2.24 bits per heavy atom. The summed E-state index contributed by atoms with van der Waals surface area (Å²) < 4.78 is 39.9. The number of non-ortho nitro benzene ring substituents is 1. The molecule has 1 aliphatic heterocycles. The minimum Gasteiger partial charge on any atom is -0.316 e. The van der Waals surface area contributed by atoms with Crippen LogP contribution in [0.15, 0.2) is 23.1 Å². The largest absolute Gasteiger partial charge is 0.316 e. The molecule has 0 radical (unpaired) electrons. The Balaban J connectivity index is 2.07. The molecule has 0 spiro atoms. The molecule has 21 heavy (non-hydrogen) atoms. The van der Waals surface area contributed by atoms with Gasteiger partial charge in [-0.05, 0) is 37.9 Å². The number of nitrogens with one attached hydrogen (secondary N) is 2. The van der Waals surface area contributed by atoms with Crippen molar-refractivity contribution in [3.05, 3.63) is 34.1 Å². The molecule has 1 aliphatic rings. The Kier molecular flexibility index (Phi) is 4.86. The minimum atomic E-state index is -4.09. The first kappa shape index (κ1) is 15.8. The van der Waals surface area contributed by atoms with Crippen LogP contribution in [0.3, 0.4) is 0 Å². The van der Waals surface area contributed by atoms with Crippen molar-refractivity contribution >= 4 is 15.7 Å². The maximum atomic E-state index is 13.6. The van der Waals surface area contributed by atoms with Gasteiger partial charge < -0.3 is 5.32 Å². The Hall–Kier alpha value is -1.58. The van der Waals surface area contributed by atoms with Crippen LogP contribution in [0.2, 0.25) is 0 Å². The summed E-state index contributed by atoms with van der Waals surface area (Å²) in [7, 11) is -4.09.